The van der Waals surface area contributed by atoms with E-state index in [1.165, 1.54) is 64.2 Å². The zero-order valence-electron chi connectivity index (χ0n) is 10.9. The van der Waals surface area contributed by atoms with Gasteiger partial charge in [-0.05, 0) is 44.4 Å². The van der Waals surface area contributed by atoms with E-state index in [1.54, 1.807) is 6.47 Å². The van der Waals surface area contributed by atoms with Crippen molar-refractivity contribution in [2.45, 2.75) is 82.7 Å². The fourth-order valence-electron chi connectivity index (χ4n) is 3.81. The molecule has 1 radical (unpaired) electrons. The van der Waals surface area contributed by atoms with E-state index in [0.29, 0.717) is 5.92 Å². The predicted octanol–water partition coefficient (Wildman–Crippen LogP) is 4.13. The van der Waals surface area contributed by atoms with Crippen molar-refractivity contribution < 1.29 is 9.53 Å². The quantitative estimate of drug-likeness (QED) is 0.690. The topological polar surface area (TPSA) is 26.3 Å². The summed E-state index contributed by atoms with van der Waals surface area (Å²) in [7, 11) is 0. The van der Waals surface area contributed by atoms with Gasteiger partial charge in [0.15, 0.2) is 0 Å². The number of hydrogen-bond donors (Lipinski definition) is 0. The standard InChI is InChI=1S/C15H25O2/c16-13-17-15(11-7-3-4-8-12-15)14-9-5-1-2-6-10-14/h14H,1-12H2. The van der Waals surface area contributed by atoms with Gasteiger partial charge >= 0.3 is 6.47 Å². The Hall–Kier alpha value is -0.530. The molecule has 17 heavy (non-hydrogen) atoms. The molecule has 0 N–H and O–H groups in total. The van der Waals surface area contributed by atoms with Gasteiger partial charge in [-0.3, -0.25) is 0 Å². The lowest BCUT2D eigenvalue weighted by molar-refractivity contribution is -0.0263. The monoisotopic (exact) mass is 237 g/mol. The maximum Gasteiger partial charge on any atom is 0.418 e. The molecule has 97 valence electrons. The van der Waals surface area contributed by atoms with Crippen molar-refractivity contribution in [3.05, 3.63) is 0 Å². The van der Waals surface area contributed by atoms with Gasteiger partial charge in [0.2, 0.25) is 0 Å². The molecule has 0 unspecified atom stereocenters. The largest absolute Gasteiger partial charge is 0.450 e. The van der Waals surface area contributed by atoms with E-state index in [9.17, 15) is 4.79 Å². The lowest BCUT2D eigenvalue weighted by Crippen LogP contribution is -2.40. The van der Waals surface area contributed by atoms with Crippen LogP contribution in [0, 0.1) is 5.92 Å². The SMILES string of the molecule is O=[C]OC1(C2CCCCCC2)CCCCCC1. The zero-order chi connectivity index (χ0) is 12.0. The first kappa shape index (κ1) is 12.9. The fraction of sp³-hybridized carbons (Fsp3) is 0.933. The first-order valence-electron chi connectivity index (χ1n) is 7.42. The summed E-state index contributed by atoms with van der Waals surface area (Å²) in [6, 6.07) is 0. The Kier molecular flexibility index (Phi) is 4.87. The summed E-state index contributed by atoms with van der Waals surface area (Å²) >= 11 is 0. The third-order valence-corrected chi connectivity index (χ3v) is 4.79. The molecule has 2 saturated carbocycles. The van der Waals surface area contributed by atoms with Gasteiger partial charge in [0.1, 0.15) is 5.60 Å². The first-order chi connectivity index (χ1) is 8.37. The molecule has 0 saturated heterocycles. The van der Waals surface area contributed by atoms with E-state index in [0.717, 1.165) is 12.8 Å². The molecule has 0 atom stereocenters. The van der Waals surface area contributed by atoms with Crippen molar-refractivity contribution in [1.82, 2.24) is 0 Å². The van der Waals surface area contributed by atoms with Crippen molar-refractivity contribution in [3.8, 4) is 0 Å². The number of ether oxygens (including phenoxy) is 1. The molecule has 0 aromatic heterocycles. The fourth-order valence-corrected chi connectivity index (χ4v) is 3.81. The van der Waals surface area contributed by atoms with Crippen LogP contribution in [0.3, 0.4) is 0 Å². The summed E-state index contributed by atoms with van der Waals surface area (Å²) in [4.78, 5) is 10.8. The molecule has 0 amide bonds. The van der Waals surface area contributed by atoms with E-state index >= 15 is 0 Å². The number of rotatable bonds is 3. The molecule has 2 aliphatic carbocycles. The molecule has 0 aliphatic heterocycles. The highest BCUT2D eigenvalue weighted by molar-refractivity contribution is 5.39. The Morgan fingerprint density at radius 2 is 1.35 bits per heavy atom. The third kappa shape index (κ3) is 3.23. The van der Waals surface area contributed by atoms with E-state index < -0.39 is 0 Å². The predicted molar refractivity (Wildman–Crippen MR) is 68.4 cm³/mol. The second-order valence-electron chi connectivity index (χ2n) is 5.85. The molecule has 2 fully saturated rings. The minimum absolute atomic E-state index is 0.150. The summed E-state index contributed by atoms with van der Waals surface area (Å²) < 4.78 is 5.54. The Morgan fingerprint density at radius 3 is 1.88 bits per heavy atom. The van der Waals surface area contributed by atoms with Gasteiger partial charge in [0.25, 0.3) is 0 Å². The molecule has 2 aliphatic rings. The van der Waals surface area contributed by atoms with Gasteiger partial charge < -0.3 is 4.74 Å². The van der Waals surface area contributed by atoms with Gasteiger partial charge in [-0.2, -0.15) is 0 Å². The Morgan fingerprint density at radius 1 is 0.824 bits per heavy atom. The van der Waals surface area contributed by atoms with Crippen LogP contribution in [0.5, 0.6) is 0 Å². The van der Waals surface area contributed by atoms with Crippen LogP contribution in [0.4, 0.5) is 0 Å². The second kappa shape index (κ2) is 6.42. The summed E-state index contributed by atoms with van der Waals surface area (Å²) in [5.41, 5.74) is -0.150. The van der Waals surface area contributed by atoms with E-state index in [1.807, 2.05) is 0 Å². The summed E-state index contributed by atoms with van der Waals surface area (Å²) in [5, 5.41) is 0. The van der Waals surface area contributed by atoms with Gasteiger partial charge in [-0.15, -0.1) is 0 Å². The van der Waals surface area contributed by atoms with Crippen LogP contribution in [-0.4, -0.2) is 12.1 Å². The van der Waals surface area contributed by atoms with Crippen LogP contribution < -0.4 is 0 Å². The zero-order valence-corrected chi connectivity index (χ0v) is 10.9. The molecule has 0 heterocycles. The Bertz CT molecular complexity index is 221. The highest BCUT2D eigenvalue weighted by Crippen LogP contribution is 2.42. The molecule has 2 heteroatoms. The van der Waals surface area contributed by atoms with Crippen LogP contribution in [0.2, 0.25) is 0 Å². The number of hydrogen-bond acceptors (Lipinski definition) is 2. The van der Waals surface area contributed by atoms with Crippen molar-refractivity contribution >= 4 is 6.47 Å². The molecule has 2 rings (SSSR count). The molecule has 0 bridgehead atoms. The lowest BCUT2D eigenvalue weighted by atomic mass is 9.77. The maximum absolute atomic E-state index is 10.8. The number of carbonyl (C=O) groups excluding carboxylic acids is 1. The smallest absolute Gasteiger partial charge is 0.418 e. The van der Waals surface area contributed by atoms with Crippen LogP contribution >= 0.6 is 0 Å². The molecule has 0 aromatic rings. The second-order valence-corrected chi connectivity index (χ2v) is 5.85. The van der Waals surface area contributed by atoms with Crippen molar-refractivity contribution in [2.75, 3.05) is 0 Å². The lowest BCUT2D eigenvalue weighted by Gasteiger charge is -2.38. The minimum atomic E-state index is -0.150. The van der Waals surface area contributed by atoms with Crippen LogP contribution in [0.25, 0.3) is 0 Å². The minimum Gasteiger partial charge on any atom is -0.450 e. The van der Waals surface area contributed by atoms with E-state index in [4.69, 9.17) is 4.74 Å². The molecule has 0 spiro atoms. The van der Waals surface area contributed by atoms with Gasteiger partial charge in [-0.1, -0.05) is 38.5 Å². The van der Waals surface area contributed by atoms with Crippen molar-refractivity contribution in [2.24, 2.45) is 5.92 Å². The molecule has 2 nitrogen and oxygen atoms in total. The first-order valence-corrected chi connectivity index (χ1v) is 7.42. The average Bonchev–Trinajstić information content (AvgIpc) is 2.72. The molecular formula is C15H25O2. The highest BCUT2D eigenvalue weighted by Gasteiger charge is 2.40. The highest BCUT2D eigenvalue weighted by atomic mass is 16.5. The Balaban J connectivity index is 2.08. The normalized spacial score (nSPS) is 26.8. The third-order valence-electron chi connectivity index (χ3n) is 4.79. The Labute approximate surface area is 105 Å². The van der Waals surface area contributed by atoms with Crippen molar-refractivity contribution in [3.63, 3.8) is 0 Å². The van der Waals surface area contributed by atoms with Crippen LogP contribution in [-0.2, 0) is 9.53 Å². The summed E-state index contributed by atoms with van der Waals surface area (Å²) in [6.45, 7) is 1.77. The van der Waals surface area contributed by atoms with E-state index in [-0.39, 0.29) is 5.60 Å². The van der Waals surface area contributed by atoms with Gasteiger partial charge in [0, 0.05) is 0 Å². The van der Waals surface area contributed by atoms with Crippen LogP contribution in [0.15, 0.2) is 0 Å². The van der Waals surface area contributed by atoms with E-state index in [2.05, 4.69) is 0 Å². The molecular weight excluding hydrogens is 212 g/mol. The van der Waals surface area contributed by atoms with Gasteiger partial charge in [-0.25, -0.2) is 4.79 Å². The summed E-state index contributed by atoms with van der Waals surface area (Å²) in [5.74, 6) is 0.601. The van der Waals surface area contributed by atoms with Gasteiger partial charge in [0.05, 0.1) is 0 Å². The maximum atomic E-state index is 10.8. The summed E-state index contributed by atoms with van der Waals surface area (Å²) in [6.07, 6.45) is 15.0. The average molecular weight is 237 g/mol. The van der Waals surface area contributed by atoms with Crippen LogP contribution in [0.1, 0.15) is 77.0 Å². The van der Waals surface area contributed by atoms with Crippen molar-refractivity contribution in [1.29, 1.82) is 0 Å². The molecule has 0 aromatic carbocycles.